The molecule has 0 aromatic heterocycles. The number of carbonyl (C=O) groups is 2. The Hall–Kier alpha value is -1.64. The fourth-order valence-corrected chi connectivity index (χ4v) is 1.72. The summed E-state index contributed by atoms with van der Waals surface area (Å²) in [6, 6.07) is 7.51. The molecule has 0 spiro atoms. The Balaban J connectivity index is 2.05. The minimum Gasteiger partial charge on any atom is -0.370 e. The highest BCUT2D eigenvalue weighted by Crippen LogP contribution is 2.23. The van der Waals surface area contributed by atoms with E-state index in [0.29, 0.717) is 0 Å². The molecule has 1 heterocycles. The minimum absolute atomic E-state index is 0.0796. The van der Waals surface area contributed by atoms with Gasteiger partial charge in [-0.15, -0.1) is 0 Å². The normalized spacial score (nSPS) is 15.9. The Labute approximate surface area is 88.7 Å². The van der Waals surface area contributed by atoms with Gasteiger partial charge in [-0.3, -0.25) is 4.79 Å². The van der Waals surface area contributed by atoms with Crippen molar-refractivity contribution in [3.63, 3.8) is 0 Å². The number of carbonyl (C=O) groups excluding carboxylic acids is 2. The SMILES string of the molecule is CC(=O)c1ccc(N2CC(C=O)C2)cc1. The van der Waals surface area contributed by atoms with Crippen molar-refractivity contribution < 1.29 is 9.59 Å². The largest absolute Gasteiger partial charge is 0.370 e. The van der Waals surface area contributed by atoms with E-state index in [9.17, 15) is 9.59 Å². The Morgan fingerprint density at radius 1 is 1.33 bits per heavy atom. The van der Waals surface area contributed by atoms with Crippen molar-refractivity contribution in [3.8, 4) is 0 Å². The molecule has 0 radical (unpaired) electrons. The first-order chi connectivity index (χ1) is 7.20. The number of ketones is 1. The standard InChI is InChI=1S/C12H13NO2/c1-9(15)11-2-4-12(5-3-11)13-6-10(7-13)8-14/h2-5,8,10H,6-7H2,1H3. The van der Waals surface area contributed by atoms with Crippen LogP contribution in [0.3, 0.4) is 0 Å². The van der Waals surface area contributed by atoms with Crippen LogP contribution in [0.15, 0.2) is 24.3 Å². The van der Waals surface area contributed by atoms with Crippen LogP contribution in [0.1, 0.15) is 17.3 Å². The third kappa shape index (κ3) is 1.91. The molecule has 0 aliphatic carbocycles. The first-order valence-corrected chi connectivity index (χ1v) is 5.02. The molecule has 2 rings (SSSR count). The fraction of sp³-hybridized carbons (Fsp3) is 0.333. The van der Waals surface area contributed by atoms with Gasteiger partial charge in [-0.05, 0) is 31.2 Å². The van der Waals surface area contributed by atoms with Crippen LogP contribution in [0, 0.1) is 5.92 Å². The van der Waals surface area contributed by atoms with Crippen LogP contribution in [-0.2, 0) is 4.79 Å². The summed E-state index contributed by atoms with van der Waals surface area (Å²) >= 11 is 0. The molecule has 1 aliphatic heterocycles. The number of Topliss-reactive ketones (excluding diaryl/α,β-unsaturated/α-hetero) is 1. The second-order valence-corrected chi connectivity index (χ2v) is 3.90. The molecule has 0 unspecified atom stereocenters. The minimum atomic E-state index is 0.0796. The summed E-state index contributed by atoms with van der Waals surface area (Å²) < 4.78 is 0. The van der Waals surface area contributed by atoms with Crippen LogP contribution in [0.25, 0.3) is 0 Å². The average molecular weight is 203 g/mol. The van der Waals surface area contributed by atoms with Crippen LogP contribution in [0.4, 0.5) is 5.69 Å². The molecule has 0 atom stereocenters. The Bertz CT molecular complexity index is 377. The molecule has 3 nitrogen and oxygen atoms in total. The molecule has 0 bridgehead atoms. The molecule has 1 aromatic rings. The number of aldehydes is 1. The number of anilines is 1. The molecule has 15 heavy (non-hydrogen) atoms. The van der Waals surface area contributed by atoms with E-state index >= 15 is 0 Å². The van der Waals surface area contributed by atoms with E-state index in [1.807, 2.05) is 24.3 Å². The van der Waals surface area contributed by atoms with Crippen LogP contribution < -0.4 is 4.90 Å². The van der Waals surface area contributed by atoms with E-state index in [-0.39, 0.29) is 11.7 Å². The van der Waals surface area contributed by atoms with Crippen molar-refractivity contribution in [2.75, 3.05) is 18.0 Å². The predicted molar refractivity (Wildman–Crippen MR) is 58.2 cm³/mol. The van der Waals surface area contributed by atoms with Crippen LogP contribution in [0.2, 0.25) is 0 Å². The molecular formula is C12H13NO2. The predicted octanol–water partition coefficient (Wildman–Crippen LogP) is 1.52. The molecule has 0 amide bonds. The quantitative estimate of drug-likeness (QED) is 0.552. The van der Waals surface area contributed by atoms with Gasteiger partial charge in [-0.2, -0.15) is 0 Å². The zero-order chi connectivity index (χ0) is 10.8. The van der Waals surface area contributed by atoms with Gasteiger partial charge in [0.15, 0.2) is 5.78 Å². The Morgan fingerprint density at radius 3 is 2.40 bits per heavy atom. The zero-order valence-corrected chi connectivity index (χ0v) is 8.64. The van der Waals surface area contributed by atoms with Crippen molar-refractivity contribution >= 4 is 17.8 Å². The van der Waals surface area contributed by atoms with Crippen molar-refractivity contribution in [2.24, 2.45) is 5.92 Å². The van der Waals surface area contributed by atoms with Crippen LogP contribution in [-0.4, -0.2) is 25.2 Å². The Kier molecular flexibility index (Phi) is 2.54. The maximum Gasteiger partial charge on any atom is 0.159 e. The smallest absolute Gasteiger partial charge is 0.159 e. The summed E-state index contributed by atoms with van der Waals surface area (Å²) in [6.45, 7) is 3.15. The summed E-state index contributed by atoms with van der Waals surface area (Å²) in [4.78, 5) is 23.6. The zero-order valence-electron chi connectivity index (χ0n) is 8.64. The van der Waals surface area contributed by atoms with Gasteiger partial charge in [0.1, 0.15) is 6.29 Å². The second-order valence-electron chi connectivity index (χ2n) is 3.90. The summed E-state index contributed by atoms with van der Waals surface area (Å²) in [6.07, 6.45) is 1.00. The van der Waals surface area contributed by atoms with Gasteiger partial charge in [0.25, 0.3) is 0 Å². The molecule has 1 saturated heterocycles. The number of rotatable bonds is 3. The number of hydrogen-bond acceptors (Lipinski definition) is 3. The van der Waals surface area contributed by atoms with Gasteiger partial charge < -0.3 is 9.69 Å². The van der Waals surface area contributed by atoms with E-state index in [2.05, 4.69) is 4.90 Å². The third-order valence-corrected chi connectivity index (χ3v) is 2.74. The number of hydrogen-bond donors (Lipinski definition) is 0. The lowest BCUT2D eigenvalue weighted by molar-refractivity contribution is -0.111. The highest BCUT2D eigenvalue weighted by molar-refractivity contribution is 5.94. The molecule has 1 aromatic carbocycles. The molecular weight excluding hydrogens is 190 g/mol. The lowest BCUT2D eigenvalue weighted by Crippen LogP contribution is -2.47. The van der Waals surface area contributed by atoms with Crippen molar-refractivity contribution in [1.29, 1.82) is 0 Å². The third-order valence-electron chi connectivity index (χ3n) is 2.74. The maximum absolute atomic E-state index is 11.0. The lowest BCUT2D eigenvalue weighted by Gasteiger charge is -2.38. The van der Waals surface area contributed by atoms with E-state index in [0.717, 1.165) is 30.6 Å². The van der Waals surface area contributed by atoms with Crippen LogP contribution in [0.5, 0.6) is 0 Å². The van der Waals surface area contributed by atoms with E-state index in [1.54, 1.807) is 6.92 Å². The van der Waals surface area contributed by atoms with E-state index in [1.165, 1.54) is 0 Å². The molecule has 0 N–H and O–H groups in total. The summed E-state index contributed by atoms with van der Waals surface area (Å²) in [7, 11) is 0. The van der Waals surface area contributed by atoms with Crippen molar-refractivity contribution in [2.45, 2.75) is 6.92 Å². The Morgan fingerprint density at radius 2 is 1.93 bits per heavy atom. The number of nitrogens with zero attached hydrogens (tertiary/aromatic N) is 1. The van der Waals surface area contributed by atoms with Gasteiger partial charge in [0.2, 0.25) is 0 Å². The van der Waals surface area contributed by atoms with Gasteiger partial charge in [0, 0.05) is 30.3 Å². The summed E-state index contributed by atoms with van der Waals surface area (Å²) in [5, 5.41) is 0. The van der Waals surface area contributed by atoms with Crippen LogP contribution >= 0.6 is 0 Å². The fourth-order valence-electron chi connectivity index (χ4n) is 1.72. The highest BCUT2D eigenvalue weighted by Gasteiger charge is 2.25. The second kappa shape index (κ2) is 3.85. The number of benzene rings is 1. The summed E-state index contributed by atoms with van der Waals surface area (Å²) in [5.74, 6) is 0.258. The molecule has 1 fully saturated rings. The van der Waals surface area contributed by atoms with E-state index in [4.69, 9.17) is 0 Å². The monoisotopic (exact) mass is 203 g/mol. The maximum atomic E-state index is 11.0. The van der Waals surface area contributed by atoms with Gasteiger partial charge >= 0.3 is 0 Å². The van der Waals surface area contributed by atoms with E-state index < -0.39 is 0 Å². The van der Waals surface area contributed by atoms with Crippen molar-refractivity contribution in [1.82, 2.24) is 0 Å². The van der Waals surface area contributed by atoms with Gasteiger partial charge in [-0.1, -0.05) is 0 Å². The first-order valence-electron chi connectivity index (χ1n) is 5.02. The summed E-state index contributed by atoms with van der Waals surface area (Å²) in [5.41, 5.74) is 1.81. The lowest BCUT2D eigenvalue weighted by atomic mass is 10.0. The first kappa shape index (κ1) is 9.90. The molecule has 0 saturated carbocycles. The van der Waals surface area contributed by atoms with Crippen molar-refractivity contribution in [3.05, 3.63) is 29.8 Å². The van der Waals surface area contributed by atoms with Gasteiger partial charge in [0.05, 0.1) is 0 Å². The van der Waals surface area contributed by atoms with Gasteiger partial charge in [-0.25, -0.2) is 0 Å². The average Bonchev–Trinajstić information content (AvgIpc) is 2.17. The topological polar surface area (TPSA) is 37.4 Å². The molecule has 78 valence electrons. The molecule has 3 heteroatoms. The highest BCUT2D eigenvalue weighted by atomic mass is 16.1. The molecule has 1 aliphatic rings.